The fraction of sp³-hybridized carbons (Fsp3) is 0.310. The fourth-order valence-corrected chi connectivity index (χ4v) is 3.96. The standard InChI is InChI=1S/C29H33N3O4/c1-4-5-11-27(21(2)33)36-25-14-12-23(13-15-25)18-32(20-28-30-16-17-34-28)19-26-22(3)35-29(31-26)24-9-7-6-8-10-24/h6-10,12-17,27,33H,2,4-5,11,18-20H2,1,3H3. The van der Waals surface area contributed by atoms with Crippen LogP contribution in [0.1, 0.15) is 49.1 Å². The van der Waals surface area contributed by atoms with Gasteiger partial charge in [0, 0.05) is 18.7 Å². The first kappa shape index (κ1) is 25.3. The van der Waals surface area contributed by atoms with Crippen LogP contribution in [0.25, 0.3) is 11.5 Å². The van der Waals surface area contributed by atoms with Gasteiger partial charge in [0.05, 0.1) is 18.4 Å². The predicted octanol–water partition coefficient (Wildman–Crippen LogP) is 6.85. The molecule has 0 saturated carbocycles. The van der Waals surface area contributed by atoms with E-state index in [2.05, 4.69) is 23.4 Å². The molecule has 1 unspecified atom stereocenters. The SMILES string of the molecule is C=C(O)C(CCCC)Oc1ccc(CN(Cc2ncco2)Cc2nc(-c3ccccc3)oc2C)cc1. The number of hydrogen-bond donors (Lipinski definition) is 1. The summed E-state index contributed by atoms with van der Waals surface area (Å²) >= 11 is 0. The first-order chi connectivity index (χ1) is 17.5. The van der Waals surface area contributed by atoms with Crippen molar-refractivity contribution in [2.75, 3.05) is 0 Å². The van der Waals surface area contributed by atoms with Gasteiger partial charge in [-0.2, -0.15) is 0 Å². The van der Waals surface area contributed by atoms with Crippen LogP contribution in [-0.2, 0) is 19.6 Å². The van der Waals surface area contributed by atoms with Gasteiger partial charge < -0.3 is 18.7 Å². The van der Waals surface area contributed by atoms with Crippen molar-refractivity contribution < 1.29 is 18.7 Å². The van der Waals surface area contributed by atoms with Crippen LogP contribution < -0.4 is 4.74 Å². The van der Waals surface area contributed by atoms with Crippen molar-refractivity contribution in [1.82, 2.24) is 14.9 Å². The summed E-state index contributed by atoms with van der Waals surface area (Å²) in [6.07, 6.45) is 5.57. The second-order valence-corrected chi connectivity index (χ2v) is 8.84. The normalized spacial score (nSPS) is 12.1. The molecule has 0 fully saturated rings. The molecule has 4 rings (SSSR count). The number of hydrogen-bond acceptors (Lipinski definition) is 7. The first-order valence-electron chi connectivity index (χ1n) is 12.3. The number of unbranched alkanes of at least 4 members (excludes halogenated alkanes) is 1. The molecule has 0 bridgehead atoms. The Kier molecular flexibility index (Phi) is 8.57. The molecule has 0 radical (unpaired) electrons. The van der Waals surface area contributed by atoms with Crippen LogP contribution in [0.4, 0.5) is 0 Å². The highest BCUT2D eigenvalue weighted by Gasteiger charge is 2.18. The molecular formula is C29H33N3O4. The van der Waals surface area contributed by atoms with Crippen LogP contribution in [0.15, 0.2) is 88.2 Å². The number of aliphatic hydroxyl groups is 1. The summed E-state index contributed by atoms with van der Waals surface area (Å²) in [6, 6.07) is 17.8. The smallest absolute Gasteiger partial charge is 0.226 e. The van der Waals surface area contributed by atoms with Crippen LogP contribution >= 0.6 is 0 Å². The lowest BCUT2D eigenvalue weighted by Crippen LogP contribution is -2.23. The monoisotopic (exact) mass is 487 g/mol. The molecule has 188 valence electrons. The van der Waals surface area contributed by atoms with Crippen LogP contribution in [-0.4, -0.2) is 26.1 Å². The van der Waals surface area contributed by atoms with E-state index in [-0.39, 0.29) is 5.76 Å². The number of rotatable bonds is 13. The van der Waals surface area contributed by atoms with Gasteiger partial charge in [-0.15, -0.1) is 0 Å². The zero-order chi connectivity index (χ0) is 25.3. The van der Waals surface area contributed by atoms with Crippen molar-refractivity contribution in [3.05, 3.63) is 102 Å². The Bertz CT molecular complexity index is 1220. The van der Waals surface area contributed by atoms with Crippen LogP contribution in [0, 0.1) is 6.92 Å². The molecular weight excluding hydrogens is 454 g/mol. The van der Waals surface area contributed by atoms with Gasteiger partial charge in [0.15, 0.2) is 6.10 Å². The summed E-state index contributed by atoms with van der Waals surface area (Å²) in [5, 5.41) is 9.88. The largest absolute Gasteiger partial charge is 0.509 e. The summed E-state index contributed by atoms with van der Waals surface area (Å²) in [4.78, 5) is 11.3. The van der Waals surface area contributed by atoms with E-state index >= 15 is 0 Å². The van der Waals surface area contributed by atoms with Crippen LogP contribution in [0.2, 0.25) is 0 Å². The van der Waals surface area contributed by atoms with Gasteiger partial charge in [-0.25, -0.2) is 9.97 Å². The first-order valence-corrected chi connectivity index (χ1v) is 12.3. The Morgan fingerprint density at radius 3 is 2.53 bits per heavy atom. The lowest BCUT2D eigenvalue weighted by molar-refractivity contribution is 0.165. The number of nitrogens with zero attached hydrogens (tertiary/aromatic N) is 3. The molecule has 4 aromatic rings. The second kappa shape index (κ2) is 12.2. The van der Waals surface area contributed by atoms with Crippen molar-refractivity contribution in [2.24, 2.45) is 0 Å². The molecule has 2 heterocycles. The number of benzene rings is 2. The summed E-state index contributed by atoms with van der Waals surface area (Å²) in [6.45, 7) is 9.47. The minimum Gasteiger partial charge on any atom is -0.509 e. The van der Waals surface area contributed by atoms with E-state index in [0.29, 0.717) is 37.2 Å². The highest BCUT2D eigenvalue weighted by Crippen LogP contribution is 2.24. The van der Waals surface area contributed by atoms with Crippen molar-refractivity contribution in [3.63, 3.8) is 0 Å². The highest BCUT2D eigenvalue weighted by atomic mass is 16.5. The minimum atomic E-state index is -0.397. The molecule has 1 N–H and O–H groups in total. The topological polar surface area (TPSA) is 84.8 Å². The Balaban J connectivity index is 1.47. The summed E-state index contributed by atoms with van der Waals surface area (Å²) in [5.74, 6) is 2.80. The number of aromatic nitrogens is 2. The molecule has 36 heavy (non-hydrogen) atoms. The van der Waals surface area contributed by atoms with Crippen molar-refractivity contribution in [2.45, 2.75) is 58.8 Å². The van der Waals surface area contributed by atoms with Crippen LogP contribution in [0.3, 0.4) is 0 Å². The third kappa shape index (κ3) is 6.86. The van der Waals surface area contributed by atoms with Crippen molar-refractivity contribution in [1.29, 1.82) is 0 Å². The lowest BCUT2D eigenvalue weighted by atomic mass is 10.1. The fourth-order valence-electron chi connectivity index (χ4n) is 3.96. The Labute approximate surface area is 212 Å². The number of oxazole rings is 2. The zero-order valence-corrected chi connectivity index (χ0v) is 20.9. The van der Waals surface area contributed by atoms with Gasteiger partial charge in [-0.05, 0) is 49.6 Å². The van der Waals surface area contributed by atoms with E-state index in [4.69, 9.17) is 18.6 Å². The van der Waals surface area contributed by atoms with Gasteiger partial charge in [0.1, 0.15) is 23.5 Å². The molecule has 0 aliphatic carbocycles. The Morgan fingerprint density at radius 2 is 1.86 bits per heavy atom. The van der Waals surface area contributed by atoms with Gasteiger partial charge in [0.2, 0.25) is 11.8 Å². The summed E-state index contributed by atoms with van der Waals surface area (Å²) in [5.41, 5.74) is 2.93. The van der Waals surface area contributed by atoms with Crippen LogP contribution in [0.5, 0.6) is 5.75 Å². The quantitative estimate of drug-likeness (QED) is 0.206. The molecule has 2 aromatic carbocycles. The van der Waals surface area contributed by atoms with Gasteiger partial charge in [-0.1, -0.05) is 50.3 Å². The molecule has 0 amide bonds. The maximum absolute atomic E-state index is 9.88. The lowest BCUT2D eigenvalue weighted by Gasteiger charge is -2.21. The molecule has 2 aromatic heterocycles. The zero-order valence-electron chi connectivity index (χ0n) is 20.9. The number of aliphatic hydroxyl groups excluding tert-OH is 1. The van der Waals surface area contributed by atoms with Gasteiger partial charge in [-0.3, -0.25) is 4.90 Å². The third-order valence-corrected chi connectivity index (χ3v) is 5.93. The molecule has 0 aliphatic rings. The van der Waals surface area contributed by atoms with Gasteiger partial charge >= 0.3 is 0 Å². The van der Waals surface area contributed by atoms with Crippen molar-refractivity contribution >= 4 is 0 Å². The molecule has 7 nitrogen and oxygen atoms in total. The van der Waals surface area contributed by atoms with Crippen molar-refractivity contribution in [3.8, 4) is 17.2 Å². The maximum Gasteiger partial charge on any atom is 0.226 e. The maximum atomic E-state index is 9.88. The van der Waals surface area contributed by atoms with E-state index in [1.54, 1.807) is 12.5 Å². The van der Waals surface area contributed by atoms with E-state index < -0.39 is 6.10 Å². The Morgan fingerprint density at radius 1 is 1.08 bits per heavy atom. The highest BCUT2D eigenvalue weighted by molar-refractivity contribution is 5.53. The molecule has 0 saturated heterocycles. The third-order valence-electron chi connectivity index (χ3n) is 5.93. The van der Waals surface area contributed by atoms with E-state index in [1.807, 2.05) is 61.5 Å². The van der Waals surface area contributed by atoms with E-state index in [0.717, 1.165) is 41.8 Å². The van der Waals surface area contributed by atoms with Gasteiger partial charge in [0.25, 0.3) is 0 Å². The minimum absolute atomic E-state index is 0.0579. The summed E-state index contributed by atoms with van der Waals surface area (Å²) in [7, 11) is 0. The average molecular weight is 488 g/mol. The Hall–Kier alpha value is -3.84. The molecule has 1 atom stereocenters. The summed E-state index contributed by atoms with van der Waals surface area (Å²) < 4.78 is 17.4. The second-order valence-electron chi connectivity index (χ2n) is 8.84. The molecule has 0 aliphatic heterocycles. The van der Waals surface area contributed by atoms with E-state index in [1.165, 1.54) is 0 Å². The average Bonchev–Trinajstić information content (AvgIpc) is 3.53. The predicted molar refractivity (Wildman–Crippen MR) is 138 cm³/mol. The van der Waals surface area contributed by atoms with E-state index in [9.17, 15) is 5.11 Å². The number of ether oxygens (including phenoxy) is 1. The molecule has 7 heteroatoms. The molecule has 0 spiro atoms. The number of aryl methyl sites for hydroxylation is 1.